The molecule has 0 spiro atoms. The van der Waals surface area contributed by atoms with E-state index in [-0.39, 0.29) is 0 Å². The first-order valence-electron chi connectivity index (χ1n) is 9.78. The molecule has 0 aromatic rings. The summed E-state index contributed by atoms with van der Waals surface area (Å²) >= 11 is 0. The maximum atomic E-state index is 3.80. The highest BCUT2D eigenvalue weighted by atomic mass is 15.0. The van der Waals surface area contributed by atoms with Crippen LogP contribution in [0.15, 0.2) is 97.2 Å². The molecule has 0 aromatic carbocycles. The Labute approximate surface area is 157 Å². The molecule has 4 rings (SSSR count). The van der Waals surface area contributed by atoms with Crippen LogP contribution in [-0.2, 0) is 0 Å². The minimum atomic E-state index is 0.429. The molecule has 0 heterocycles. The van der Waals surface area contributed by atoms with Crippen molar-refractivity contribution in [2.24, 2.45) is 23.7 Å². The van der Waals surface area contributed by atoms with Gasteiger partial charge in [0.1, 0.15) is 0 Å². The van der Waals surface area contributed by atoms with Crippen LogP contribution >= 0.6 is 0 Å². The van der Waals surface area contributed by atoms with Gasteiger partial charge in [-0.1, -0.05) is 97.2 Å². The molecule has 0 amide bonds. The molecule has 4 aliphatic rings. The Bertz CT molecular complexity index is 550. The van der Waals surface area contributed by atoms with Crippen molar-refractivity contribution in [2.45, 2.75) is 12.1 Å². The van der Waals surface area contributed by atoms with Crippen LogP contribution in [-0.4, -0.2) is 25.2 Å². The molecule has 2 heteroatoms. The van der Waals surface area contributed by atoms with Gasteiger partial charge < -0.3 is 10.6 Å². The van der Waals surface area contributed by atoms with Crippen molar-refractivity contribution in [1.29, 1.82) is 0 Å². The lowest BCUT2D eigenvalue weighted by Gasteiger charge is -2.29. The molecule has 2 nitrogen and oxygen atoms in total. The van der Waals surface area contributed by atoms with Gasteiger partial charge in [0, 0.05) is 48.8 Å². The lowest BCUT2D eigenvalue weighted by atomic mass is 9.89. The molecule has 0 aliphatic heterocycles. The van der Waals surface area contributed by atoms with Gasteiger partial charge in [0.05, 0.1) is 0 Å². The molecule has 4 aliphatic carbocycles. The van der Waals surface area contributed by atoms with Crippen LogP contribution in [0.5, 0.6) is 0 Å². The maximum absolute atomic E-state index is 3.80. The van der Waals surface area contributed by atoms with Crippen molar-refractivity contribution in [3.8, 4) is 0 Å². The molecule has 0 unspecified atom stereocenters. The van der Waals surface area contributed by atoms with Crippen LogP contribution in [0.2, 0.25) is 0 Å². The molecule has 134 valence electrons. The number of hydrogen-bond donors (Lipinski definition) is 2. The summed E-state index contributed by atoms with van der Waals surface area (Å²) in [6.07, 6.45) is 35.7. The zero-order chi connectivity index (χ0) is 17.6. The zero-order valence-electron chi connectivity index (χ0n) is 15.1. The lowest BCUT2D eigenvalue weighted by molar-refractivity contribution is 0.373. The van der Waals surface area contributed by atoms with E-state index < -0.39 is 0 Å². The van der Waals surface area contributed by atoms with Gasteiger partial charge in [-0.2, -0.15) is 0 Å². The molecule has 0 atom stereocenters. The van der Waals surface area contributed by atoms with Gasteiger partial charge in [-0.3, -0.25) is 0 Å². The molecular weight excluding hydrogens is 316 g/mol. The van der Waals surface area contributed by atoms with E-state index in [9.17, 15) is 0 Å². The van der Waals surface area contributed by atoms with Crippen LogP contribution in [0.4, 0.5) is 0 Å². The predicted octanol–water partition coefficient (Wildman–Crippen LogP) is 3.87. The molecule has 0 saturated heterocycles. The highest BCUT2D eigenvalue weighted by Gasteiger charge is 2.27. The fourth-order valence-corrected chi connectivity index (χ4v) is 4.29. The summed E-state index contributed by atoms with van der Waals surface area (Å²) in [7, 11) is 0. The minimum Gasteiger partial charge on any atom is -0.311 e. The Morgan fingerprint density at radius 3 is 0.885 bits per heavy atom. The van der Waals surface area contributed by atoms with E-state index in [4.69, 9.17) is 0 Å². The standard InChI is InChI=1S/C24H28N2/c1-2-10-19(9-1)23(20-11-3-4-12-20)25-17-18-26-24(21-13-5-6-14-21)22-15-7-8-16-22/h1-16,19-26H,17-18H2. The SMILES string of the molecule is C1=CC(C(NCCNC(C2C=CC=C2)C2C=CC=C2)C2C=CC=C2)C=C1. The summed E-state index contributed by atoms with van der Waals surface area (Å²) in [6.45, 7) is 1.94. The van der Waals surface area contributed by atoms with Crippen molar-refractivity contribution < 1.29 is 0 Å². The normalized spacial score (nSPS) is 22.1. The first-order chi connectivity index (χ1) is 12.9. The Hall–Kier alpha value is -2.16. The fraction of sp³-hybridized carbons (Fsp3) is 0.333. The third-order valence-electron chi connectivity index (χ3n) is 5.65. The molecule has 26 heavy (non-hydrogen) atoms. The number of allylic oxidation sites excluding steroid dienone is 8. The largest absolute Gasteiger partial charge is 0.311 e. The number of nitrogens with one attached hydrogen (secondary N) is 2. The van der Waals surface area contributed by atoms with E-state index in [1.54, 1.807) is 0 Å². The Morgan fingerprint density at radius 2 is 0.654 bits per heavy atom. The average Bonchev–Trinajstić information content (AvgIpc) is 3.46. The summed E-state index contributed by atoms with van der Waals surface area (Å²) < 4.78 is 0. The predicted molar refractivity (Wildman–Crippen MR) is 111 cm³/mol. The second-order valence-corrected chi connectivity index (χ2v) is 7.35. The highest BCUT2D eigenvalue weighted by Crippen LogP contribution is 2.26. The summed E-state index contributed by atoms with van der Waals surface area (Å²) in [6, 6.07) is 0.857. The van der Waals surface area contributed by atoms with E-state index in [1.807, 2.05) is 0 Å². The van der Waals surface area contributed by atoms with Crippen molar-refractivity contribution in [2.75, 3.05) is 13.1 Å². The van der Waals surface area contributed by atoms with E-state index >= 15 is 0 Å². The molecule has 2 N–H and O–H groups in total. The van der Waals surface area contributed by atoms with Crippen molar-refractivity contribution >= 4 is 0 Å². The monoisotopic (exact) mass is 344 g/mol. The highest BCUT2D eigenvalue weighted by molar-refractivity contribution is 5.28. The summed E-state index contributed by atoms with van der Waals surface area (Å²) in [5, 5.41) is 7.60. The van der Waals surface area contributed by atoms with Crippen LogP contribution < -0.4 is 10.6 Å². The molecule has 0 saturated carbocycles. The van der Waals surface area contributed by atoms with Crippen LogP contribution in [0.3, 0.4) is 0 Å². The van der Waals surface area contributed by atoms with Crippen LogP contribution in [0.1, 0.15) is 0 Å². The zero-order valence-corrected chi connectivity index (χ0v) is 15.1. The molecular formula is C24H28N2. The summed E-state index contributed by atoms with van der Waals surface area (Å²) in [5.74, 6) is 1.91. The van der Waals surface area contributed by atoms with Crippen molar-refractivity contribution in [1.82, 2.24) is 10.6 Å². The molecule has 0 aromatic heterocycles. The summed E-state index contributed by atoms with van der Waals surface area (Å²) in [4.78, 5) is 0. The first kappa shape index (κ1) is 17.3. The van der Waals surface area contributed by atoms with Gasteiger partial charge in [-0.05, 0) is 0 Å². The van der Waals surface area contributed by atoms with E-state index in [2.05, 4.69) is 108 Å². The van der Waals surface area contributed by atoms with Gasteiger partial charge in [0.15, 0.2) is 0 Å². The number of hydrogen-bond acceptors (Lipinski definition) is 2. The Kier molecular flexibility index (Phi) is 5.63. The van der Waals surface area contributed by atoms with Gasteiger partial charge in [-0.25, -0.2) is 0 Å². The van der Waals surface area contributed by atoms with Crippen LogP contribution in [0.25, 0.3) is 0 Å². The van der Waals surface area contributed by atoms with Gasteiger partial charge in [0.25, 0.3) is 0 Å². The van der Waals surface area contributed by atoms with Crippen LogP contribution in [0, 0.1) is 23.7 Å². The average molecular weight is 345 g/mol. The number of rotatable bonds is 9. The Morgan fingerprint density at radius 1 is 0.423 bits per heavy atom. The molecule has 0 bridgehead atoms. The van der Waals surface area contributed by atoms with E-state index in [0.29, 0.717) is 35.8 Å². The topological polar surface area (TPSA) is 24.1 Å². The third kappa shape index (κ3) is 3.98. The van der Waals surface area contributed by atoms with Crippen molar-refractivity contribution in [3.63, 3.8) is 0 Å². The van der Waals surface area contributed by atoms with E-state index in [0.717, 1.165) is 13.1 Å². The lowest BCUT2D eigenvalue weighted by Crippen LogP contribution is -2.46. The maximum Gasteiger partial charge on any atom is 0.0263 e. The van der Waals surface area contributed by atoms with Gasteiger partial charge in [0.2, 0.25) is 0 Å². The van der Waals surface area contributed by atoms with Gasteiger partial charge in [-0.15, -0.1) is 0 Å². The third-order valence-corrected chi connectivity index (χ3v) is 5.65. The fourth-order valence-electron chi connectivity index (χ4n) is 4.29. The van der Waals surface area contributed by atoms with Gasteiger partial charge >= 0.3 is 0 Å². The minimum absolute atomic E-state index is 0.429. The summed E-state index contributed by atoms with van der Waals surface area (Å²) in [5.41, 5.74) is 0. The second-order valence-electron chi connectivity index (χ2n) is 7.35. The first-order valence-corrected chi connectivity index (χ1v) is 9.78. The van der Waals surface area contributed by atoms with E-state index in [1.165, 1.54) is 0 Å². The Balaban J connectivity index is 1.32. The smallest absolute Gasteiger partial charge is 0.0263 e. The molecule has 0 fully saturated rings. The molecule has 0 radical (unpaired) electrons. The second kappa shape index (κ2) is 8.48. The van der Waals surface area contributed by atoms with Crippen molar-refractivity contribution in [3.05, 3.63) is 97.2 Å². The quantitative estimate of drug-likeness (QED) is 0.621.